The van der Waals surface area contributed by atoms with Crippen molar-refractivity contribution < 1.29 is 9.59 Å². The lowest BCUT2D eigenvalue weighted by Gasteiger charge is -2.19. The molecule has 0 aliphatic carbocycles. The molecule has 0 aliphatic heterocycles. The van der Waals surface area contributed by atoms with Crippen molar-refractivity contribution in [1.29, 1.82) is 0 Å². The van der Waals surface area contributed by atoms with Crippen LogP contribution in [0.3, 0.4) is 0 Å². The highest BCUT2D eigenvalue weighted by atomic mass is 16.2. The Morgan fingerprint density at radius 3 is 2.67 bits per heavy atom. The van der Waals surface area contributed by atoms with Crippen molar-refractivity contribution in [2.45, 2.75) is 39.7 Å². The predicted octanol–water partition coefficient (Wildman–Crippen LogP) is 1.16. The van der Waals surface area contributed by atoms with Crippen LogP contribution < -0.4 is 10.6 Å². The minimum atomic E-state index is -0.599. The van der Waals surface area contributed by atoms with Gasteiger partial charge in [0, 0.05) is 24.9 Å². The number of rotatable bonds is 7. The monoisotopic (exact) mass is 332 g/mol. The number of H-pyrrole nitrogens is 1. The molecule has 1 unspecified atom stereocenters. The Bertz CT molecular complexity index is 689. The van der Waals surface area contributed by atoms with Gasteiger partial charge in [0.2, 0.25) is 11.8 Å². The van der Waals surface area contributed by atoms with Crippen molar-refractivity contribution in [3.8, 4) is 0 Å². The van der Waals surface area contributed by atoms with Gasteiger partial charge in [-0.3, -0.25) is 19.4 Å². The Labute approximate surface area is 141 Å². The summed E-state index contributed by atoms with van der Waals surface area (Å²) < 4.78 is 1.68. The molecule has 0 radical (unpaired) electrons. The van der Waals surface area contributed by atoms with Crippen molar-refractivity contribution in [2.75, 3.05) is 5.32 Å². The normalized spacial score (nSPS) is 12.2. The van der Waals surface area contributed by atoms with Gasteiger partial charge in [-0.25, -0.2) is 0 Å². The van der Waals surface area contributed by atoms with Crippen LogP contribution in [0.4, 0.5) is 5.82 Å². The van der Waals surface area contributed by atoms with E-state index in [4.69, 9.17) is 0 Å². The van der Waals surface area contributed by atoms with E-state index in [0.717, 1.165) is 11.3 Å². The Morgan fingerprint density at radius 2 is 2.12 bits per heavy atom. The molecule has 130 valence electrons. The maximum atomic E-state index is 12.4. The molecule has 1 atom stereocenters. The van der Waals surface area contributed by atoms with Crippen LogP contribution in [0, 0.1) is 12.8 Å². The average molecular weight is 332 g/mol. The van der Waals surface area contributed by atoms with Gasteiger partial charge in [0.15, 0.2) is 0 Å². The molecule has 8 heteroatoms. The SMILES string of the molecule is Cc1nn(C)cc1CC(=O)NC(CC(C)C)C(=O)Nc1ccn[nH]1. The van der Waals surface area contributed by atoms with Gasteiger partial charge in [-0.15, -0.1) is 0 Å². The van der Waals surface area contributed by atoms with Crippen molar-refractivity contribution in [1.82, 2.24) is 25.3 Å². The number of hydrogen-bond acceptors (Lipinski definition) is 4. The van der Waals surface area contributed by atoms with Crippen molar-refractivity contribution in [2.24, 2.45) is 13.0 Å². The van der Waals surface area contributed by atoms with E-state index in [0.29, 0.717) is 12.2 Å². The van der Waals surface area contributed by atoms with Gasteiger partial charge in [0.25, 0.3) is 0 Å². The number of hydrogen-bond donors (Lipinski definition) is 3. The first-order chi connectivity index (χ1) is 11.3. The van der Waals surface area contributed by atoms with Gasteiger partial charge in [-0.2, -0.15) is 10.2 Å². The molecule has 0 spiro atoms. The van der Waals surface area contributed by atoms with Gasteiger partial charge in [0.05, 0.1) is 18.3 Å². The molecular formula is C16H24N6O2. The maximum Gasteiger partial charge on any atom is 0.248 e. The third kappa shape index (κ3) is 4.94. The number of amides is 2. The van der Waals surface area contributed by atoms with Crippen LogP contribution in [0.1, 0.15) is 31.5 Å². The van der Waals surface area contributed by atoms with E-state index in [-0.39, 0.29) is 24.2 Å². The molecule has 2 rings (SSSR count). The number of nitrogens with zero attached hydrogens (tertiary/aromatic N) is 3. The summed E-state index contributed by atoms with van der Waals surface area (Å²) in [4.78, 5) is 24.7. The van der Waals surface area contributed by atoms with Crippen LogP contribution in [0.25, 0.3) is 0 Å². The number of aryl methyl sites for hydroxylation is 2. The summed E-state index contributed by atoms with van der Waals surface area (Å²) >= 11 is 0. The van der Waals surface area contributed by atoms with Crippen LogP contribution in [0.15, 0.2) is 18.5 Å². The third-order valence-electron chi connectivity index (χ3n) is 3.58. The molecule has 0 fully saturated rings. The maximum absolute atomic E-state index is 12.4. The molecule has 0 bridgehead atoms. The fourth-order valence-corrected chi connectivity index (χ4v) is 2.49. The second-order valence-corrected chi connectivity index (χ2v) is 6.30. The third-order valence-corrected chi connectivity index (χ3v) is 3.58. The lowest BCUT2D eigenvalue weighted by atomic mass is 10.0. The minimum absolute atomic E-state index is 0.198. The number of aromatic amines is 1. The molecule has 0 saturated heterocycles. The first kappa shape index (κ1) is 17.7. The molecule has 0 saturated carbocycles. The summed E-state index contributed by atoms with van der Waals surface area (Å²) in [6.07, 6.45) is 4.12. The lowest BCUT2D eigenvalue weighted by molar-refractivity contribution is -0.126. The molecular weight excluding hydrogens is 308 g/mol. The lowest BCUT2D eigenvalue weighted by Crippen LogP contribution is -2.45. The highest BCUT2D eigenvalue weighted by Gasteiger charge is 2.23. The van der Waals surface area contributed by atoms with Crippen LogP contribution in [-0.4, -0.2) is 37.8 Å². The topological polar surface area (TPSA) is 105 Å². The van der Waals surface area contributed by atoms with Gasteiger partial charge >= 0.3 is 0 Å². The molecule has 0 aliphatic rings. The van der Waals surface area contributed by atoms with Crippen molar-refractivity contribution >= 4 is 17.6 Å². The summed E-state index contributed by atoms with van der Waals surface area (Å²) in [7, 11) is 1.81. The van der Waals surface area contributed by atoms with Gasteiger partial charge < -0.3 is 10.6 Å². The highest BCUT2D eigenvalue weighted by molar-refractivity contribution is 5.96. The molecule has 3 N–H and O–H groups in total. The van der Waals surface area contributed by atoms with E-state index < -0.39 is 6.04 Å². The van der Waals surface area contributed by atoms with Crippen LogP contribution in [0.2, 0.25) is 0 Å². The zero-order chi connectivity index (χ0) is 17.7. The zero-order valence-electron chi connectivity index (χ0n) is 14.5. The smallest absolute Gasteiger partial charge is 0.248 e. The van der Waals surface area contributed by atoms with E-state index in [9.17, 15) is 9.59 Å². The first-order valence-electron chi connectivity index (χ1n) is 7.94. The number of nitrogens with one attached hydrogen (secondary N) is 3. The standard InChI is InChI=1S/C16H24N6O2/c1-10(2)7-13(16(24)19-14-5-6-17-20-14)18-15(23)8-12-9-22(4)21-11(12)3/h5-6,9-10,13H,7-8H2,1-4H3,(H,18,23)(H2,17,19,20,24). The fraction of sp³-hybridized carbons (Fsp3) is 0.500. The fourth-order valence-electron chi connectivity index (χ4n) is 2.49. The van der Waals surface area contributed by atoms with Gasteiger partial charge in [0.1, 0.15) is 11.9 Å². The number of carbonyl (C=O) groups excluding carboxylic acids is 2. The zero-order valence-corrected chi connectivity index (χ0v) is 14.5. The molecule has 24 heavy (non-hydrogen) atoms. The van der Waals surface area contributed by atoms with E-state index in [1.807, 2.05) is 34.0 Å². The second-order valence-electron chi connectivity index (χ2n) is 6.30. The van der Waals surface area contributed by atoms with Gasteiger partial charge in [-0.05, 0) is 19.3 Å². The quantitative estimate of drug-likeness (QED) is 0.707. The van der Waals surface area contributed by atoms with E-state index in [1.54, 1.807) is 16.9 Å². The van der Waals surface area contributed by atoms with Gasteiger partial charge in [-0.1, -0.05) is 13.8 Å². The van der Waals surface area contributed by atoms with E-state index in [1.165, 1.54) is 0 Å². The molecule has 0 aromatic carbocycles. The summed E-state index contributed by atoms with van der Waals surface area (Å²) in [6, 6.07) is 1.06. The minimum Gasteiger partial charge on any atom is -0.344 e. The Morgan fingerprint density at radius 1 is 1.38 bits per heavy atom. The van der Waals surface area contributed by atoms with Crippen molar-refractivity contribution in [3.05, 3.63) is 29.7 Å². The largest absolute Gasteiger partial charge is 0.344 e. The Kier molecular flexibility index (Phi) is 5.73. The van der Waals surface area contributed by atoms with Crippen LogP contribution in [-0.2, 0) is 23.1 Å². The summed E-state index contributed by atoms with van der Waals surface area (Å²) in [5.74, 6) is 0.315. The molecule has 8 nitrogen and oxygen atoms in total. The Balaban J connectivity index is 2.00. The van der Waals surface area contributed by atoms with Crippen LogP contribution >= 0.6 is 0 Å². The summed E-state index contributed by atoms with van der Waals surface area (Å²) in [5.41, 5.74) is 1.67. The molecule has 2 aromatic rings. The summed E-state index contributed by atoms with van der Waals surface area (Å²) in [5, 5.41) is 16.2. The first-order valence-corrected chi connectivity index (χ1v) is 7.94. The summed E-state index contributed by atoms with van der Waals surface area (Å²) in [6.45, 7) is 5.88. The van der Waals surface area contributed by atoms with Crippen molar-refractivity contribution in [3.63, 3.8) is 0 Å². The average Bonchev–Trinajstić information content (AvgIpc) is 3.08. The number of anilines is 1. The highest BCUT2D eigenvalue weighted by Crippen LogP contribution is 2.10. The number of aromatic nitrogens is 4. The molecule has 2 heterocycles. The number of carbonyl (C=O) groups is 2. The molecule has 2 amide bonds. The predicted molar refractivity (Wildman–Crippen MR) is 90.3 cm³/mol. The second kappa shape index (κ2) is 7.76. The Hall–Kier alpha value is -2.64. The van der Waals surface area contributed by atoms with E-state index >= 15 is 0 Å². The van der Waals surface area contributed by atoms with Crippen LogP contribution in [0.5, 0.6) is 0 Å². The molecule has 2 aromatic heterocycles. The van der Waals surface area contributed by atoms with E-state index in [2.05, 4.69) is 25.9 Å².